The van der Waals surface area contributed by atoms with Gasteiger partial charge in [0, 0.05) is 6.42 Å². The van der Waals surface area contributed by atoms with Crippen molar-refractivity contribution in [1.82, 2.24) is 4.90 Å². The Hall–Kier alpha value is -2.70. The van der Waals surface area contributed by atoms with Crippen molar-refractivity contribution in [2.45, 2.75) is 38.0 Å². The summed E-state index contributed by atoms with van der Waals surface area (Å²) in [4.78, 5) is 25.9. The number of aliphatic hydroxyl groups excluding tert-OH is 1. The van der Waals surface area contributed by atoms with Crippen molar-refractivity contribution in [2.75, 3.05) is 13.2 Å². The van der Waals surface area contributed by atoms with Gasteiger partial charge >= 0.3 is 6.09 Å². The Morgan fingerprint density at radius 1 is 1.11 bits per heavy atom. The number of ether oxygens (including phenoxy) is 2. The zero-order valence-corrected chi connectivity index (χ0v) is 15.7. The second-order valence-electron chi connectivity index (χ2n) is 6.82. The normalized spacial score (nSPS) is 17.4. The number of hydrogen-bond donors (Lipinski definition) is 1. The molecule has 2 amide bonds. The maximum Gasteiger partial charge on any atom is 0.416 e. The first-order valence-electron chi connectivity index (χ1n) is 9.46. The fourth-order valence-corrected chi connectivity index (χ4v) is 3.22. The number of imide groups is 1. The van der Waals surface area contributed by atoms with E-state index in [1.807, 2.05) is 60.7 Å². The summed E-state index contributed by atoms with van der Waals surface area (Å²) in [5.74, 6) is -0.301. The molecule has 6 heteroatoms. The van der Waals surface area contributed by atoms with Crippen LogP contribution in [0.4, 0.5) is 4.79 Å². The van der Waals surface area contributed by atoms with E-state index in [9.17, 15) is 14.7 Å². The monoisotopic (exact) mass is 383 g/mol. The standard InChI is InChI=1S/C22H25NO5/c24-14-20(27-15-18-9-5-2-6-10-18)11-12-21(25)23-19(16-28-22(23)26)13-17-7-3-1-4-8-17/h1-10,19-20,24H,11-16H2/t19-,20-/m0/s1. The summed E-state index contributed by atoms with van der Waals surface area (Å²) in [7, 11) is 0. The molecule has 1 fully saturated rings. The SMILES string of the molecule is O=C(CC[C@@H](CO)OCc1ccccc1)N1C(=O)OC[C@@H]1Cc1ccccc1. The van der Waals surface area contributed by atoms with Gasteiger partial charge in [-0.15, -0.1) is 0 Å². The van der Waals surface area contributed by atoms with Gasteiger partial charge in [0.15, 0.2) is 0 Å². The lowest BCUT2D eigenvalue weighted by Gasteiger charge is -2.21. The Labute approximate surface area is 164 Å². The van der Waals surface area contributed by atoms with Crippen LogP contribution in [0.15, 0.2) is 60.7 Å². The van der Waals surface area contributed by atoms with Crippen molar-refractivity contribution in [2.24, 2.45) is 0 Å². The minimum Gasteiger partial charge on any atom is -0.447 e. The van der Waals surface area contributed by atoms with Gasteiger partial charge in [0.25, 0.3) is 0 Å². The van der Waals surface area contributed by atoms with Crippen molar-refractivity contribution < 1.29 is 24.2 Å². The summed E-state index contributed by atoms with van der Waals surface area (Å²) in [5, 5.41) is 9.54. The first-order valence-corrected chi connectivity index (χ1v) is 9.46. The number of hydrogen-bond acceptors (Lipinski definition) is 5. The number of rotatable bonds is 9. The van der Waals surface area contributed by atoms with Gasteiger partial charge in [-0.1, -0.05) is 60.7 Å². The molecule has 1 saturated heterocycles. The maximum atomic E-state index is 12.6. The van der Waals surface area contributed by atoms with Gasteiger partial charge < -0.3 is 14.6 Å². The van der Waals surface area contributed by atoms with E-state index in [4.69, 9.17) is 9.47 Å². The number of cyclic esters (lactones) is 1. The fraction of sp³-hybridized carbons (Fsp3) is 0.364. The molecule has 0 unspecified atom stereocenters. The summed E-state index contributed by atoms with van der Waals surface area (Å²) in [6.07, 6.45) is -0.0523. The fourth-order valence-electron chi connectivity index (χ4n) is 3.22. The summed E-state index contributed by atoms with van der Waals surface area (Å²) in [6, 6.07) is 19.0. The predicted molar refractivity (Wildman–Crippen MR) is 103 cm³/mol. The van der Waals surface area contributed by atoms with E-state index in [1.165, 1.54) is 4.90 Å². The third-order valence-electron chi connectivity index (χ3n) is 4.76. The predicted octanol–water partition coefficient (Wildman–Crippen LogP) is 2.93. The summed E-state index contributed by atoms with van der Waals surface area (Å²) < 4.78 is 10.8. The lowest BCUT2D eigenvalue weighted by Crippen LogP contribution is -2.40. The van der Waals surface area contributed by atoms with Crippen LogP contribution in [-0.2, 0) is 27.3 Å². The molecule has 0 bridgehead atoms. The molecular formula is C22H25NO5. The number of aliphatic hydroxyl groups is 1. The first kappa shape index (κ1) is 20.0. The first-order chi connectivity index (χ1) is 13.7. The number of carbonyl (C=O) groups excluding carboxylic acids is 2. The Morgan fingerprint density at radius 2 is 1.75 bits per heavy atom. The highest BCUT2D eigenvalue weighted by molar-refractivity contribution is 5.93. The van der Waals surface area contributed by atoms with E-state index in [0.717, 1.165) is 11.1 Å². The molecule has 3 rings (SSSR count). The molecule has 0 saturated carbocycles. The largest absolute Gasteiger partial charge is 0.447 e. The average molecular weight is 383 g/mol. The lowest BCUT2D eigenvalue weighted by molar-refractivity contribution is -0.130. The molecule has 0 spiro atoms. The van der Waals surface area contributed by atoms with Crippen molar-refractivity contribution in [3.63, 3.8) is 0 Å². The van der Waals surface area contributed by atoms with E-state index in [-0.39, 0.29) is 31.6 Å². The van der Waals surface area contributed by atoms with Gasteiger partial charge in [-0.25, -0.2) is 9.69 Å². The Morgan fingerprint density at radius 3 is 2.39 bits per heavy atom. The zero-order chi connectivity index (χ0) is 19.8. The van der Waals surface area contributed by atoms with Crippen LogP contribution in [-0.4, -0.2) is 47.4 Å². The molecule has 2 aromatic carbocycles. The van der Waals surface area contributed by atoms with Crippen LogP contribution in [0.5, 0.6) is 0 Å². The molecule has 148 valence electrons. The molecule has 1 aliphatic heterocycles. The number of carbonyl (C=O) groups is 2. The molecule has 2 atom stereocenters. The van der Waals surface area contributed by atoms with Crippen LogP contribution in [0.3, 0.4) is 0 Å². The van der Waals surface area contributed by atoms with Gasteiger partial charge in [0.1, 0.15) is 6.61 Å². The Balaban J connectivity index is 1.52. The second-order valence-corrected chi connectivity index (χ2v) is 6.82. The van der Waals surface area contributed by atoms with E-state index in [0.29, 0.717) is 19.4 Å². The van der Waals surface area contributed by atoms with Crippen LogP contribution >= 0.6 is 0 Å². The molecule has 1 heterocycles. The number of nitrogens with zero attached hydrogens (tertiary/aromatic N) is 1. The zero-order valence-electron chi connectivity index (χ0n) is 15.7. The van der Waals surface area contributed by atoms with Crippen LogP contribution in [0.1, 0.15) is 24.0 Å². The average Bonchev–Trinajstić information content (AvgIpc) is 3.09. The molecule has 28 heavy (non-hydrogen) atoms. The van der Waals surface area contributed by atoms with Gasteiger partial charge in [-0.2, -0.15) is 0 Å². The minimum absolute atomic E-state index is 0.112. The van der Waals surface area contributed by atoms with Gasteiger partial charge in [0.05, 0.1) is 25.4 Å². The summed E-state index contributed by atoms with van der Waals surface area (Å²) in [5.41, 5.74) is 2.04. The smallest absolute Gasteiger partial charge is 0.416 e. The molecule has 0 aromatic heterocycles. The highest BCUT2D eigenvalue weighted by atomic mass is 16.6. The summed E-state index contributed by atoms with van der Waals surface area (Å²) >= 11 is 0. The topological polar surface area (TPSA) is 76.1 Å². The van der Waals surface area contributed by atoms with Crippen molar-refractivity contribution in [3.8, 4) is 0 Å². The van der Waals surface area contributed by atoms with Crippen molar-refractivity contribution in [1.29, 1.82) is 0 Å². The maximum absolute atomic E-state index is 12.6. The lowest BCUT2D eigenvalue weighted by atomic mass is 10.1. The quantitative estimate of drug-likeness (QED) is 0.721. The van der Waals surface area contributed by atoms with Gasteiger partial charge in [0.2, 0.25) is 5.91 Å². The minimum atomic E-state index is -0.600. The number of benzene rings is 2. The summed E-state index contributed by atoms with van der Waals surface area (Å²) in [6.45, 7) is 0.383. The Kier molecular flexibility index (Phi) is 7.17. The van der Waals surface area contributed by atoms with Crippen LogP contribution in [0, 0.1) is 0 Å². The molecule has 1 N–H and O–H groups in total. The molecule has 0 aliphatic carbocycles. The molecule has 6 nitrogen and oxygen atoms in total. The molecule has 0 radical (unpaired) electrons. The molecule has 1 aliphatic rings. The molecular weight excluding hydrogens is 358 g/mol. The van der Waals surface area contributed by atoms with E-state index >= 15 is 0 Å². The Bertz CT molecular complexity index is 765. The third-order valence-corrected chi connectivity index (χ3v) is 4.76. The third kappa shape index (κ3) is 5.41. The number of amides is 2. The second kappa shape index (κ2) is 10.0. The van der Waals surface area contributed by atoms with Gasteiger partial charge in [-0.3, -0.25) is 4.79 Å². The highest BCUT2D eigenvalue weighted by Gasteiger charge is 2.37. The van der Waals surface area contributed by atoms with Crippen LogP contribution in [0.25, 0.3) is 0 Å². The van der Waals surface area contributed by atoms with Gasteiger partial charge in [-0.05, 0) is 24.0 Å². The molecule has 2 aromatic rings. The van der Waals surface area contributed by atoms with Crippen LogP contribution < -0.4 is 0 Å². The van der Waals surface area contributed by atoms with Crippen molar-refractivity contribution in [3.05, 3.63) is 71.8 Å². The van der Waals surface area contributed by atoms with E-state index in [1.54, 1.807) is 0 Å². The highest BCUT2D eigenvalue weighted by Crippen LogP contribution is 2.19. The van der Waals surface area contributed by atoms with E-state index < -0.39 is 12.2 Å². The van der Waals surface area contributed by atoms with E-state index in [2.05, 4.69) is 0 Å². The van der Waals surface area contributed by atoms with Crippen LogP contribution in [0.2, 0.25) is 0 Å². The van der Waals surface area contributed by atoms with Crippen molar-refractivity contribution >= 4 is 12.0 Å².